The number of nitrogens with zero attached hydrogens (tertiary/aromatic N) is 3. The van der Waals surface area contributed by atoms with E-state index in [0.717, 1.165) is 55.4 Å². The van der Waals surface area contributed by atoms with Crippen molar-refractivity contribution in [1.82, 2.24) is 14.1 Å². The van der Waals surface area contributed by atoms with Gasteiger partial charge in [0.1, 0.15) is 16.8 Å². The number of hydrogen-bond acceptors (Lipinski definition) is 2. The Morgan fingerprint density at radius 1 is 0.408 bits per heavy atom. The van der Waals surface area contributed by atoms with Gasteiger partial charge in [0.2, 0.25) is 0 Å². The Labute approximate surface area is 280 Å². The van der Waals surface area contributed by atoms with Crippen molar-refractivity contribution in [3.8, 4) is 22.5 Å². The van der Waals surface area contributed by atoms with Crippen LogP contribution in [-0.4, -0.2) is 14.1 Å². The third-order valence-electron chi connectivity index (χ3n) is 10.1. The fourth-order valence-electron chi connectivity index (χ4n) is 7.94. The molecular formula is C45H27N3O. The molecular weight excluding hydrogens is 599 g/mol. The van der Waals surface area contributed by atoms with Crippen molar-refractivity contribution >= 4 is 76.6 Å². The Bertz CT molecular complexity index is 3110. The minimum absolute atomic E-state index is 0.797. The van der Waals surface area contributed by atoms with Crippen LogP contribution in [0.5, 0.6) is 0 Å². The van der Waals surface area contributed by atoms with Crippen LogP contribution in [0.4, 0.5) is 0 Å². The Morgan fingerprint density at radius 3 is 1.84 bits per heavy atom. The van der Waals surface area contributed by atoms with Gasteiger partial charge in [-0.2, -0.15) is 0 Å². The molecule has 11 rings (SSSR count). The van der Waals surface area contributed by atoms with Crippen molar-refractivity contribution in [2.24, 2.45) is 0 Å². The average Bonchev–Trinajstić information content (AvgIpc) is 3.81. The summed E-state index contributed by atoms with van der Waals surface area (Å²) in [6.07, 6.45) is 0. The number of pyridine rings is 1. The van der Waals surface area contributed by atoms with E-state index in [9.17, 15) is 0 Å². The molecule has 0 N–H and O–H groups in total. The lowest BCUT2D eigenvalue weighted by Gasteiger charge is -2.12. The van der Waals surface area contributed by atoms with Gasteiger partial charge >= 0.3 is 0 Å². The third kappa shape index (κ3) is 3.71. The summed E-state index contributed by atoms with van der Waals surface area (Å²) in [6, 6.07) is 58.4. The van der Waals surface area contributed by atoms with Crippen LogP contribution < -0.4 is 0 Å². The lowest BCUT2D eigenvalue weighted by Crippen LogP contribution is -1.97. The Balaban J connectivity index is 1.19. The molecule has 0 amide bonds. The van der Waals surface area contributed by atoms with Gasteiger partial charge in [-0.05, 0) is 71.8 Å². The molecule has 0 spiro atoms. The lowest BCUT2D eigenvalue weighted by atomic mass is 10.0. The second-order valence-corrected chi connectivity index (χ2v) is 12.8. The number of para-hydroxylation sites is 5. The van der Waals surface area contributed by atoms with E-state index in [0.29, 0.717) is 0 Å². The SMILES string of the molecule is c1ccc(-n2c3ccccc3c3ccc(-c4ccc5c(c4)c4ccccc4n5-c4c5ccccc5nc5c4oc4ccccc45)cc32)cc1. The number of furan rings is 1. The first-order valence-corrected chi connectivity index (χ1v) is 16.6. The molecule has 0 bridgehead atoms. The molecule has 4 nitrogen and oxygen atoms in total. The topological polar surface area (TPSA) is 35.9 Å². The maximum Gasteiger partial charge on any atom is 0.178 e. The van der Waals surface area contributed by atoms with Gasteiger partial charge < -0.3 is 13.6 Å². The number of hydrogen-bond donors (Lipinski definition) is 0. The van der Waals surface area contributed by atoms with Gasteiger partial charge in [0, 0.05) is 38.0 Å². The molecule has 0 fully saturated rings. The Kier molecular flexibility index (Phi) is 5.35. The predicted octanol–water partition coefficient (Wildman–Crippen LogP) is 12.0. The zero-order valence-electron chi connectivity index (χ0n) is 26.3. The van der Waals surface area contributed by atoms with Crippen LogP contribution in [0.3, 0.4) is 0 Å². The van der Waals surface area contributed by atoms with Crippen LogP contribution in [0.25, 0.3) is 99.1 Å². The summed E-state index contributed by atoms with van der Waals surface area (Å²) in [5, 5.41) is 6.98. The van der Waals surface area contributed by atoms with Crippen LogP contribution in [-0.2, 0) is 0 Å². The quantitative estimate of drug-likeness (QED) is 0.196. The van der Waals surface area contributed by atoms with E-state index in [4.69, 9.17) is 9.40 Å². The standard InChI is InChI=1S/C45H27N3O/c1-2-12-30(13-3-1)47-38-19-9-5-14-31(38)33-24-22-29(27-41(33)47)28-23-25-40-36(26-28)32-15-6-10-20-39(32)48(40)44-34-16-4-8-18-37(34)46-43-35-17-7-11-21-42(35)49-45(43)44/h1-27H. The maximum atomic E-state index is 6.63. The average molecular weight is 626 g/mol. The van der Waals surface area contributed by atoms with Gasteiger partial charge in [-0.3, -0.25) is 0 Å². The smallest absolute Gasteiger partial charge is 0.178 e. The first kappa shape index (κ1) is 26.4. The number of aromatic nitrogens is 3. The van der Waals surface area contributed by atoms with Gasteiger partial charge in [0.15, 0.2) is 5.58 Å². The summed E-state index contributed by atoms with van der Waals surface area (Å²) in [6.45, 7) is 0. The molecule has 11 aromatic rings. The van der Waals surface area contributed by atoms with E-state index in [1.807, 2.05) is 18.2 Å². The summed E-state index contributed by atoms with van der Waals surface area (Å²) in [5.41, 5.74) is 12.7. The molecule has 228 valence electrons. The molecule has 0 aliphatic rings. The second kappa shape index (κ2) is 9.93. The zero-order valence-corrected chi connectivity index (χ0v) is 26.3. The number of fused-ring (bicyclic) bond motifs is 10. The van der Waals surface area contributed by atoms with E-state index in [1.165, 1.54) is 43.7 Å². The van der Waals surface area contributed by atoms with Gasteiger partial charge in [0.25, 0.3) is 0 Å². The highest BCUT2D eigenvalue weighted by Gasteiger charge is 2.22. The van der Waals surface area contributed by atoms with Crippen molar-refractivity contribution in [1.29, 1.82) is 0 Å². The van der Waals surface area contributed by atoms with Gasteiger partial charge in [0.05, 0.1) is 27.6 Å². The molecule has 49 heavy (non-hydrogen) atoms. The second-order valence-electron chi connectivity index (χ2n) is 12.8. The lowest BCUT2D eigenvalue weighted by molar-refractivity contribution is 0.666. The summed E-state index contributed by atoms with van der Waals surface area (Å²) >= 11 is 0. The molecule has 7 aromatic carbocycles. The summed E-state index contributed by atoms with van der Waals surface area (Å²) in [7, 11) is 0. The molecule has 4 aromatic heterocycles. The van der Waals surface area contributed by atoms with Gasteiger partial charge in [-0.25, -0.2) is 4.98 Å². The van der Waals surface area contributed by atoms with Crippen LogP contribution >= 0.6 is 0 Å². The highest BCUT2D eigenvalue weighted by atomic mass is 16.3. The van der Waals surface area contributed by atoms with Crippen LogP contribution in [0, 0.1) is 0 Å². The Morgan fingerprint density at radius 2 is 1.00 bits per heavy atom. The molecule has 0 aliphatic carbocycles. The van der Waals surface area contributed by atoms with Crippen LogP contribution in [0.1, 0.15) is 0 Å². The van der Waals surface area contributed by atoms with Crippen LogP contribution in [0.15, 0.2) is 168 Å². The van der Waals surface area contributed by atoms with E-state index in [1.54, 1.807) is 0 Å². The molecule has 0 saturated heterocycles. The van der Waals surface area contributed by atoms with Crippen molar-refractivity contribution in [2.45, 2.75) is 0 Å². The van der Waals surface area contributed by atoms with E-state index < -0.39 is 0 Å². The van der Waals surface area contributed by atoms with E-state index in [2.05, 4.69) is 155 Å². The Hall–Kier alpha value is -6.65. The largest absolute Gasteiger partial charge is 0.452 e. The number of benzene rings is 7. The molecule has 0 saturated carbocycles. The molecule has 0 atom stereocenters. The predicted molar refractivity (Wildman–Crippen MR) is 203 cm³/mol. The molecule has 0 aliphatic heterocycles. The molecule has 4 heterocycles. The highest BCUT2D eigenvalue weighted by Crippen LogP contribution is 2.42. The monoisotopic (exact) mass is 625 g/mol. The van der Waals surface area contributed by atoms with Crippen molar-refractivity contribution in [2.75, 3.05) is 0 Å². The summed E-state index contributed by atoms with van der Waals surface area (Å²) in [4.78, 5) is 5.11. The fraction of sp³-hybridized carbons (Fsp3) is 0. The first-order chi connectivity index (χ1) is 24.3. The van der Waals surface area contributed by atoms with E-state index >= 15 is 0 Å². The summed E-state index contributed by atoms with van der Waals surface area (Å²) < 4.78 is 11.4. The minimum Gasteiger partial charge on any atom is -0.452 e. The minimum atomic E-state index is 0.797. The summed E-state index contributed by atoms with van der Waals surface area (Å²) in [5.74, 6) is 0. The third-order valence-corrected chi connectivity index (χ3v) is 10.1. The van der Waals surface area contributed by atoms with Crippen LogP contribution in [0.2, 0.25) is 0 Å². The molecule has 0 unspecified atom stereocenters. The van der Waals surface area contributed by atoms with Crippen molar-refractivity contribution in [3.63, 3.8) is 0 Å². The molecule has 4 heteroatoms. The maximum absolute atomic E-state index is 6.63. The fourth-order valence-corrected chi connectivity index (χ4v) is 7.94. The first-order valence-electron chi connectivity index (χ1n) is 16.6. The van der Waals surface area contributed by atoms with E-state index in [-0.39, 0.29) is 0 Å². The highest BCUT2D eigenvalue weighted by molar-refractivity contribution is 6.17. The van der Waals surface area contributed by atoms with Crippen molar-refractivity contribution < 1.29 is 4.42 Å². The van der Waals surface area contributed by atoms with Gasteiger partial charge in [-0.1, -0.05) is 103 Å². The van der Waals surface area contributed by atoms with Crippen molar-refractivity contribution in [3.05, 3.63) is 164 Å². The molecule has 0 radical (unpaired) electrons. The zero-order chi connectivity index (χ0) is 32.1. The normalized spacial score (nSPS) is 12.1. The number of rotatable bonds is 3. The van der Waals surface area contributed by atoms with Gasteiger partial charge in [-0.15, -0.1) is 0 Å².